The van der Waals surface area contributed by atoms with Gasteiger partial charge in [0.25, 0.3) is 5.56 Å². The van der Waals surface area contributed by atoms with E-state index in [1.54, 1.807) is 6.07 Å². The van der Waals surface area contributed by atoms with E-state index in [0.29, 0.717) is 0 Å². The number of hydrogen-bond acceptors (Lipinski definition) is 3. The smallest absolute Gasteiger partial charge is 0.342 e. The Bertz CT molecular complexity index is 637. The maximum Gasteiger partial charge on any atom is 0.342 e. The first kappa shape index (κ1) is 11.0. The summed E-state index contributed by atoms with van der Waals surface area (Å²) in [7, 11) is 0. The van der Waals surface area contributed by atoms with Gasteiger partial charge in [0.15, 0.2) is 0 Å². The average Bonchev–Trinajstić information content (AvgIpc) is 2.28. The standard InChI is InChI=1S/C11H7FN2O3/c12-8-4-2-1-3-6(8)7-5-13-14-10(15)9(7)11(16)17/h1-5H,(H,14,15)(H,16,17). The van der Waals surface area contributed by atoms with Gasteiger partial charge in [-0.05, 0) is 6.07 Å². The van der Waals surface area contributed by atoms with Crippen LogP contribution in [-0.2, 0) is 0 Å². The Kier molecular flexibility index (Phi) is 2.70. The number of carboxylic acids is 1. The molecule has 2 rings (SSSR count). The molecule has 0 aliphatic carbocycles. The molecule has 0 fully saturated rings. The predicted octanol–water partition coefficient (Wildman–Crippen LogP) is 1.27. The number of halogens is 1. The van der Waals surface area contributed by atoms with Crippen LogP contribution in [0.3, 0.4) is 0 Å². The lowest BCUT2D eigenvalue weighted by Gasteiger charge is -2.05. The van der Waals surface area contributed by atoms with Gasteiger partial charge < -0.3 is 5.11 Å². The van der Waals surface area contributed by atoms with Crippen LogP contribution in [-0.4, -0.2) is 21.3 Å². The summed E-state index contributed by atoms with van der Waals surface area (Å²) in [5.74, 6) is -2.03. The molecular weight excluding hydrogens is 227 g/mol. The van der Waals surface area contributed by atoms with Crippen molar-refractivity contribution in [3.05, 3.63) is 52.2 Å². The van der Waals surface area contributed by atoms with Crippen molar-refractivity contribution in [3.63, 3.8) is 0 Å². The summed E-state index contributed by atoms with van der Waals surface area (Å²) in [5, 5.41) is 14.4. The molecule has 2 N–H and O–H groups in total. The number of hydrogen-bond donors (Lipinski definition) is 2. The van der Waals surface area contributed by atoms with Crippen LogP contribution in [0.5, 0.6) is 0 Å². The second-order valence-corrected chi connectivity index (χ2v) is 3.27. The first-order chi connectivity index (χ1) is 8.11. The van der Waals surface area contributed by atoms with E-state index in [9.17, 15) is 14.0 Å². The van der Waals surface area contributed by atoms with Gasteiger partial charge in [-0.25, -0.2) is 14.3 Å². The number of carboxylic acid groups (broad SMARTS) is 1. The van der Waals surface area contributed by atoms with Crippen LogP contribution >= 0.6 is 0 Å². The van der Waals surface area contributed by atoms with Crippen LogP contribution in [0, 0.1) is 5.82 Å². The van der Waals surface area contributed by atoms with Crippen molar-refractivity contribution in [1.29, 1.82) is 0 Å². The molecule has 0 aliphatic heterocycles. The van der Waals surface area contributed by atoms with E-state index >= 15 is 0 Å². The highest BCUT2D eigenvalue weighted by Gasteiger charge is 2.18. The molecule has 1 aromatic carbocycles. The minimum Gasteiger partial charge on any atom is -0.477 e. The van der Waals surface area contributed by atoms with Crippen LogP contribution < -0.4 is 5.56 Å². The van der Waals surface area contributed by atoms with Crippen LogP contribution in [0.2, 0.25) is 0 Å². The van der Waals surface area contributed by atoms with Gasteiger partial charge in [0.05, 0.1) is 6.20 Å². The third-order valence-electron chi connectivity index (χ3n) is 2.23. The zero-order chi connectivity index (χ0) is 12.4. The van der Waals surface area contributed by atoms with E-state index < -0.39 is 22.9 Å². The lowest BCUT2D eigenvalue weighted by atomic mass is 10.0. The number of H-pyrrole nitrogens is 1. The largest absolute Gasteiger partial charge is 0.477 e. The molecule has 86 valence electrons. The molecule has 0 saturated carbocycles. The zero-order valence-electron chi connectivity index (χ0n) is 8.48. The third-order valence-corrected chi connectivity index (χ3v) is 2.23. The van der Waals surface area contributed by atoms with E-state index in [0.717, 1.165) is 6.20 Å². The average molecular weight is 234 g/mol. The number of aromatic amines is 1. The summed E-state index contributed by atoms with van der Waals surface area (Å²) in [4.78, 5) is 22.3. The van der Waals surface area contributed by atoms with Gasteiger partial charge in [-0.1, -0.05) is 18.2 Å². The lowest BCUT2D eigenvalue weighted by Crippen LogP contribution is -2.20. The minimum atomic E-state index is -1.42. The minimum absolute atomic E-state index is 0.0310. The molecule has 1 heterocycles. The molecule has 2 aromatic rings. The fraction of sp³-hybridized carbons (Fsp3) is 0. The molecule has 0 amide bonds. The van der Waals surface area contributed by atoms with Gasteiger partial charge in [-0.2, -0.15) is 5.10 Å². The summed E-state index contributed by atoms with van der Waals surface area (Å²) < 4.78 is 13.5. The van der Waals surface area contributed by atoms with Crippen LogP contribution in [0.25, 0.3) is 11.1 Å². The van der Waals surface area contributed by atoms with Gasteiger partial charge in [0.2, 0.25) is 0 Å². The Balaban J connectivity index is 2.77. The number of nitrogens with zero attached hydrogens (tertiary/aromatic N) is 1. The van der Waals surface area contributed by atoms with E-state index in [1.165, 1.54) is 18.2 Å². The van der Waals surface area contributed by atoms with Crippen molar-refractivity contribution in [2.75, 3.05) is 0 Å². The van der Waals surface area contributed by atoms with Gasteiger partial charge >= 0.3 is 5.97 Å². The topological polar surface area (TPSA) is 83.0 Å². The van der Waals surface area contributed by atoms with Gasteiger partial charge in [-0.15, -0.1) is 0 Å². The SMILES string of the molecule is O=C(O)c1c(-c2ccccc2F)cn[nH]c1=O. The predicted molar refractivity (Wildman–Crippen MR) is 57.2 cm³/mol. The third kappa shape index (κ3) is 1.92. The molecule has 0 aliphatic rings. The number of rotatable bonds is 2. The first-order valence-electron chi connectivity index (χ1n) is 4.67. The number of aromatic carboxylic acids is 1. The van der Waals surface area contributed by atoms with Gasteiger partial charge in [0, 0.05) is 11.1 Å². The molecular formula is C11H7FN2O3. The highest BCUT2D eigenvalue weighted by molar-refractivity contribution is 5.95. The first-order valence-corrected chi connectivity index (χ1v) is 4.67. The Morgan fingerprint density at radius 2 is 2.00 bits per heavy atom. The number of aromatic nitrogens is 2. The van der Waals surface area contributed by atoms with Crippen LogP contribution in [0.4, 0.5) is 4.39 Å². The molecule has 0 radical (unpaired) electrons. The molecule has 0 saturated heterocycles. The molecule has 0 unspecified atom stereocenters. The molecule has 0 atom stereocenters. The monoisotopic (exact) mass is 234 g/mol. The second kappa shape index (κ2) is 4.17. The fourth-order valence-corrected chi connectivity index (χ4v) is 1.49. The number of benzene rings is 1. The number of carbonyl (C=O) groups is 1. The molecule has 5 nitrogen and oxygen atoms in total. The Morgan fingerprint density at radius 1 is 1.29 bits per heavy atom. The summed E-state index contributed by atoms with van der Waals surface area (Å²) >= 11 is 0. The van der Waals surface area contributed by atoms with Crippen molar-refractivity contribution in [1.82, 2.24) is 10.2 Å². The molecule has 6 heteroatoms. The Hall–Kier alpha value is -2.50. The van der Waals surface area contributed by atoms with Crippen molar-refractivity contribution in [2.24, 2.45) is 0 Å². The van der Waals surface area contributed by atoms with E-state index in [4.69, 9.17) is 5.11 Å². The molecule has 17 heavy (non-hydrogen) atoms. The molecule has 0 bridgehead atoms. The lowest BCUT2D eigenvalue weighted by molar-refractivity contribution is 0.0695. The van der Waals surface area contributed by atoms with Crippen molar-refractivity contribution < 1.29 is 14.3 Å². The summed E-state index contributed by atoms with van der Waals surface area (Å²) in [6.07, 6.45) is 1.11. The number of nitrogens with one attached hydrogen (secondary N) is 1. The maximum atomic E-state index is 13.5. The highest BCUT2D eigenvalue weighted by atomic mass is 19.1. The highest BCUT2D eigenvalue weighted by Crippen LogP contribution is 2.23. The second-order valence-electron chi connectivity index (χ2n) is 3.27. The summed E-state index contributed by atoms with van der Waals surface area (Å²) in [6, 6.07) is 5.59. The van der Waals surface area contributed by atoms with Crippen molar-refractivity contribution >= 4 is 5.97 Å². The molecule has 1 aromatic heterocycles. The normalized spacial score (nSPS) is 10.2. The van der Waals surface area contributed by atoms with Gasteiger partial charge in [-0.3, -0.25) is 4.79 Å². The Labute approximate surface area is 94.5 Å². The summed E-state index contributed by atoms with van der Waals surface area (Å²) in [5.41, 5.74) is -1.40. The summed E-state index contributed by atoms with van der Waals surface area (Å²) in [6.45, 7) is 0. The van der Waals surface area contributed by atoms with Crippen LogP contribution in [0.15, 0.2) is 35.3 Å². The van der Waals surface area contributed by atoms with Crippen molar-refractivity contribution in [2.45, 2.75) is 0 Å². The van der Waals surface area contributed by atoms with Crippen molar-refractivity contribution in [3.8, 4) is 11.1 Å². The van der Waals surface area contributed by atoms with Gasteiger partial charge in [0.1, 0.15) is 11.4 Å². The zero-order valence-corrected chi connectivity index (χ0v) is 8.48. The fourth-order valence-electron chi connectivity index (χ4n) is 1.49. The maximum absolute atomic E-state index is 13.5. The van der Waals surface area contributed by atoms with E-state index in [1.807, 2.05) is 5.10 Å². The van der Waals surface area contributed by atoms with Crippen LogP contribution in [0.1, 0.15) is 10.4 Å². The Morgan fingerprint density at radius 3 is 2.65 bits per heavy atom. The van der Waals surface area contributed by atoms with E-state index in [2.05, 4.69) is 5.10 Å². The molecule has 0 spiro atoms. The quantitative estimate of drug-likeness (QED) is 0.819. The van der Waals surface area contributed by atoms with E-state index in [-0.39, 0.29) is 11.1 Å².